The number of imidazole rings is 1. The molecule has 2 aromatic heterocycles. The van der Waals surface area contributed by atoms with Crippen LogP contribution in [-0.4, -0.2) is 22.0 Å². The van der Waals surface area contributed by atoms with E-state index in [4.69, 9.17) is 16.3 Å². The van der Waals surface area contributed by atoms with Gasteiger partial charge in [0, 0.05) is 11.2 Å². The van der Waals surface area contributed by atoms with E-state index in [0.717, 1.165) is 11.2 Å². The van der Waals surface area contributed by atoms with Gasteiger partial charge in [-0.15, -0.1) is 10.2 Å². The van der Waals surface area contributed by atoms with Crippen LogP contribution in [0.2, 0.25) is 5.02 Å². The molecule has 2 heterocycles. The fraction of sp³-hybridized carbons (Fsp3) is 0.222. The summed E-state index contributed by atoms with van der Waals surface area (Å²) in [6.45, 7) is 4.05. The lowest BCUT2D eigenvalue weighted by atomic mass is 10.3. The summed E-state index contributed by atoms with van der Waals surface area (Å²) < 4.78 is 6.85. The summed E-state index contributed by atoms with van der Waals surface area (Å²) in [5.74, 6) is 0.174. The number of pyridine rings is 1. The van der Waals surface area contributed by atoms with Gasteiger partial charge in [-0.1, -0.05) is 17.7 Å². The molecular weight excluding hydrogens is 340 g/mol. The molecule has 0 atom stereocenters. The molecule has 0 aliphatic carbocycles. The number of halogens is 1. The Kier molecular flexibility index (Phi) is 5.09. The molecule has 7 heteroatoms. The van der Waals surface area contributed by atoms with E-state index in [1.54, 1.807) is 31.2 Å². The van der Waals surface area contributed by atoms with Crippen molar-refractivity contribution in [2.45, 2.75) is 20.3 Å². The maximum atomic E-state index is 11.9. The zero-order chi connectivity index (χ0) is 17.8. The smallest absolute Gasteiger partial charge is 0.312 e. The second-order valence-electron chi connectivity index (χ2n) is 5.43. The lowest BCUT2D eigenvalue weighted by Crippen LogP contribution is -2.07. The van der Waals surface area contributed by atoms with E-state index in [2.05, 4.69) is 15.2 Å². The van der Waals surface area contributed by atoms with Crippen LogP contribution in [0.1, 0.15) is 18.2 Å². The Bertz CT molecular complexity index is 932. The molecule has 3 aromatic rings. The van der Waals surface area contributed by atoms with E-state index < -0.39 is 0 Å². The van der Waals surface area contributed by atoms with Crippen molar-refractivity contribution in [1.29, 1.82) is 0 Å². The van der Waals surface area contributed by atoms with Crippen molar-refractivity contribution >= 4 is 34.7 Å². The van der Waals surface area contributed by atoms with Gasteiger partial charge >= 0.3 is 5.97 Å². The van der Waals surface area contributed by atoms with Crippen LogP contribution < -0.4 is 0 Å². The Hall–Kier alpha value is -2.73. The van der Waals surface area contributed by atoms with Gasteiger partial charge in [0.05, 0.1) is 24.4 Å². The Labute approximate surface area is 150 Å². The van der Waals surface area contributed by atoms with Gasteiger partial charge in [0.15, 0.2) is 5.82 Å². The van der Waals surface area contributed by atoms with Gasteiger partial charge in [-0.2, -0.15) is 0 Å². The first-order valence-electron chi connectivity index (χ1n) is 7.88. The van der Waals surface area contributed by atoms with Gasteiger partial charge in [0.1, 0.15) is 5.65 Å². The summed E-state index contributed by atoms with van der Waals surface area (Å²) in [6.07, 6.45) is 1.89. The number of ether oxygens (including phenoxy) is 1. The van der Waals surface area contributed by atoms with Crippen molar-refractivity contribution in [1.82, 2.24) is 9.38 Å². The predicted octanol–water partition coefficient (Wildman–Crippen LogP) is 4.82. The maximum Gasteiger partial charge on any atom is 0.312 e. The number of carbonyl (C=O) groups is 1. The monoisotopic (exact) mass is 356 g/mol. The minimum atomic E-state index is -0.341. The van der Waals surface area contributed by atoms with Crippen molar-refractivity contribution in [2.24, 2.45) is 10.2 Å². The van der Waals surface area contributed by atoms with Gasteiger partial charge in [-0.25, -0.2) is 4.98 Å². The first-order chi connectivity index (χ1) is 12.1. The quantitative estimate of drug-likeness (QED) is 0.486. The number of aromatic nitrogens is 2. The molecule has 0 bridgehead atoms. The van der Waals surface area contributed by atoms with E-state index in [-0.39, 0.29) is 12.4 Å². The second-order valence-corrected chi connectivity index (χ2v) is 5.86. The average molecular weight is 357 g/mol. The van der Waals surface area contributed by atoms with Crippen molar-refractivity contribution in [2.75, 3.05) is 6.61 Å². The van der Waals surface area contributed by atoms with Crippen molar-refractivity contribution in [3.8, 4) is 0 Å². The third kappa shape index (κ3) is 3.85. The molecule has 0 aliphatic heterocycles. The molecule has 0 saturated heterocycles. The van der Waals surface area contributed by atoms with E-state index >= 15 is 0 Å². The highest BCUT2D eigenvalue weighted by atomic mass is 35.5. The number of hydrogen-bond acceptors (Lipinski definition) is 5. The summed E-state index contributed by atoms with van der Waals surface area (Å²) in [5, 5.41) is 9.19. The SMILES string of the molecule is CCOC(=O)Cc1nc2c(C)cccn2c1N=Nc1ccc(Cl)cc1. The number of nitrogens with zero attached hydrogens (tertiary/aromatic N) is 4. The molecular formula is C18H17ClN4O2. The number of hydrogen-bond donors (Lipinski definition) is 0. The molecule has 0 fully saturated rings. The molecule has 1 aromatic carbocycles. The van der Waals surface area contributed by atoms with Crippen molar-refractivity contribution in [3.63, 3.8) is 0 Å². The molecule has 25 heavy (non-hydrogen) atoms. The van der Waals surface area contributed by atoms with Gasteiger partial charge < -0.3 is 4.74 Å². The summed E-state index contributed by atoms with van der Waals surface area (Å²) in [4.78, 5) is 16.4. The molecule has 0 unspecified atom stereocenters. The lowest BCUT2D eigenvalue weighted by Gasteiger charge is -2.01. The second kappa shape index (κ2) is 7.44. The predicted molar refractivity (Wildman–Crippen MR) is 95.9 cm³/mol. The maximum absolute atomic E-state index is 11.9. The van der Waals surface area contributed by atoms with E-state index in [9.17, 15) is 4.79 Å². The number of aryl methyl sites for hydroxylation is 1. The molecule has 0 radical (unpaired) electrons. The number of esters is 1. The minimum absolute atomic E-state index is 0.0456. The lowest BCUT2D eigenvalue weighted by molar-refractivity contribution is -0.142. The number of carbonyl (C=O) groups excluding carboxylic acids is 1. The molecule has 128 valence electrons. The van der Waals surface area contributed by atoms with Crippen LogP contribution in [0.3, 0.4) is 0 Å². The number of rotatable bonds is 5. The third-order valence-corrected chi connectivity index (χ3v) is 3.85. The number of fused-ring (bicyclic) bond motifs is 1. The Morgan fingerprint density at radius 2 is 2.00 bits per heavy atom. The molecule has 6 nitrogen and oxygen atoms in total. The Morgan fingerprint density at radius 3 is 2.72 bits per heavy atom. The van der Waals surface area contributed by atoms with Crippen LogP contribution in [0.4, 0.5) is 11.5 Å². The minimum Gasteiger partial charge on any atom is -0.466 e. The topological polar surface area (TPSA) is 68.3 Å². The number of azo groups is 1. The highest BCUT2D eigenvalue weighted by Gasteiger charge is 2.17. The van der Waals surface area contributed by atoms with Crippen LogP contribution in [0, 0.1) is 6.92 Å². The van der Waals surface area contributed by atoms with E-state index in [0.29, 0.717) is 28.8 Å². The van der Waals surface area contributed by atoms with Gasteiger partial charge in [-0.3, -0.25) is 9.20 Å². The molecule has 0 amide bonds. The zero-order valence-electron chi connectivity index (χ0n) is 13.9. The Balaban J connectivity index is 2.02. The summed E-state index contributed by atoms with van der Waals surface area (Å²) in [6, 6.07) is 10.9. The number of benzene rings is 1. The van der Waals surface area contributed by atoms with E-state index in [1.807, 2.05) is 29.7 Å². The van der Waals surface area contributed by atoms with E-state index in [1.165, 1.54) is 0 Å². The molecule has 0 aliphatic rings. The largest absolute Gasteiger partial charge is 0.466 e. The molecule has 0 spiro atoms. The van der Waals surface area contributed by atoms with Crippen LogP contribution in [0.15, 0.2) is 52.8 Å². The normalized spacial score (nSPS) is 11.3. The summed E-state index contributed by atoms with van der Waals surface area (Å²) in [5.41, 5.74) is 2.92. The van der Waals surface area contributed by atoms with Crippen molar-refractivity contribution in [3.05, 3.63) is 58.9 Å². The van der Waals surface area contributed by atoms with Crippen LogP contribution >= 0.6 is 11.6 Å². The van der Waals surface area contributed by atoms with Gasteiger partial charge in [-0.05, 0) is 49.7 Å². The summed E-state index contributed by atoms with van der Waals surface area (Å²) >= 11 is 5.88. The average Bonchev–Trinajstić information content (AvgIpc) is 2.93. The first kappa shape index (κ1) is 17.1. The first-order valence-corrected chi connectivity index (χ1v) is 8.25. The van der Waals surface area contributed by atoms with Crippen LogP contribution in [0.25, 0.3) is 5.65 Å². The van der Waals surface area contributed by atoms with Crippen LogP contribution in [0.5, 0.6) is 0 Å². The highest BCUT2D eigenvalue weighted by Crippen LogP contribution is 2.26. The Morgan fingerprint density at radius 1 is 1.24 bits per heavy atom. The van der Waals surface area contributed by atoms with Gasteiger partial charge in [0.25, 0.3) is 0 Å². The fourth-order valence-corrected chi connectivity index (χ4v) is 2.55. The third-order valence-electron chi connectivity index (χ3n) is 3.59. The van der Waals surface area contributed by atoms with Crippen LogP contribution in [-0.2, 0) is 16.0 Å². The summed E-state index contributed by atoms with van der Waals surface area (Å²) in [7, 11) is 0. The molecule has 3 rings (SSSR count). The molecule has 0 saturated carbocycles. The zero-order valence-corrected chi connectivity index (χ0v) is 14.7. The molecule has 0 N–H and O–H groups in total. The van der Waals surface area contributed by atoms with Crippen molar-refractivity contribution < 1.29 is 9.53 Å². The fourth-order valence-electron chi connectivity index (χ4n) is 2.42. The van der Waals surface area contributed by atoms with Gasteiger partial charge in [0.2, 0.25) is 0 Å². The highest BCUT2D eigenvalue weighted by molar-refractivity contribution is 6.30. The standard InChI is InChI=1S/C18H17ClN4O2/c1-3-25-16(24)11-15-18(22-21-14-8-6-13(19)7-9-14)23-10-4-5-12(2)17(23)20-15/h4-10H,3,11H2,1-2H3.